The van der Waals surface area contributed by atoms with Crippen molar-refractivity contribution in [3.63, 3.8) is 0 Å². The zero-order valence-corrected chi connectivity index (χ0v) is 42.1. The van der Waals surface area contributed by atoms with Crippen molar-refractivity contribution < 1.29 is 28.6 Å². The predicted octanol–water partition coefficient (Wildman–Crippen LogP) is 17.5. The predicted molar refractivity (Wildman–Crippen MR) is 283 cm³/mol. The van der Waals surface area contributed by atoms with Gasteiger partial charge in [-0.1, -0.05) is 193 Å². The van der Waals surface area contributed by atoms with E-state index in [9.17, 15) is 14.4 Å². The molecule has 6 heteroatoms. The Hall–Kier alpha value is -4.45. The smallest absolute Gasteiger partial charge is 0.306 e. The van der Waals surface area contributed by atoms with Crippen molar-refractivity contribution in [2.24, 2.45) is 0 Å². The molecule has 0 fully saturated rings. The molecule has 0 rings (SSSR count). The maximum Gasteiger partial charge on any atom is 0.306 e. The standard InChI is InChI=1S/C60H94O6/c1-4-7-10-13-16-19-22-24-26-28-30-32-34-36-38-41-44-47-50-53-59(62)65-56-57(55-64-58(61)52-49-46-43-40-21-18-15-12-9-6-3)66-60(63)54-51-48-45-42-39-37-35-33-31-29-27-25-23-20-17-14-11-8-5-2/h7-8,10-11,15-20,24-27,30-33,36-39,57H,4-6,9,12-14,21-23,28-29,34-35,40-56H2,1-3H3/b10-7-,11-8-,18-15-,19-16-,20-17-,26-24-,27-25-,32-30-,33-31-,38-36-,39-37-. The van der Waals surface area contributed by atoms with Crippen LogP contribution >= 0.6 is 0 Å². The van der Waals surface area contributed by atoms with Gasteiger partial charge in [-0.3, -0.25) is 14.4 Å². The highest BCUT2D eigenvalue weighted by Crippen LogP contribution is 2.12. The number of unbranched alkanes of at least 4 members (excludes halogenated alkanes) is 12. The van der Waals surface area contributed by atoms with Crippen LogP contribution in [0.5, 0.6) is 0 Å². The summed E-state index contributed by atoms with van der Waals surface area (Å²) in [5.41, 5.74) is 0. The van der Waals surface area contributed by atoms with E-state index in [4.69, 9.17) is 14.2 Å². The zero-order valence-electron chi connectivity index (χ0n) is 42.1. The molecular weight excluding hydrogens is 817 g/mol. The van der Waals surface area contributed by atoms with Gasteiger partial charge in [-0.15, -0.1) is 0 Å². The Labute approximate surface area is 405 Å². The minimum Gasteiger partial charge on any atom is -0.462 e. The van der Waals surface area contributed by atoms with Gasteiger partial charge in [0.25, 0.3) is 0 Å². The lowest BCUT2D eigenvalue weighted by Gasteiger charge is -2.18. The molecule has 0 bridgehead atoms. The molecule has 0 spiro atoms. The first-order valence-corrected chi connectivity index (χ1v) is 26.2. The van der Waals surface area contributed by atoms with Crippen molar-refractivity contribution in [3.8, 4) is 0 Å². The first-order valence-electron chi connectivity index (χ1n) is 26.2. The van der Waals surface area contributed by atoms with Crippen molar-refractivity contribution in [2.75, 3.05) is 13.2 Å². The number of allylic oxidation sites excluding steroid dienone is 22. The monoisotopic (exact) mass is 911 g/mol. The van der Waals surface area contributed by atoms with E-state index in [0.29, 0.717) is 19.3 Å². The Morgan fingerprint density at radius 2 is 0.591 bits per heavy atom. The Bertz CT molecular complexity index is 1460. The van der Waals surface area contributed by atoms with E-state index in [0.717, 1.165) is 148 Å². The van der Waals surface area contributed by atoms with Crippen LogP contribution in [0.25, 0.3) is 0 Å². The van der Waals surface area contributed by atoms with Crippen molar-refractivity contribution in [1.82, 2.24) is 0 Å². The highest BCUT2D eigenvalue weighted by molar-refractivity contribution is 5.71. The van der Waals surface area contributed by atoms with Crippen LogP contribution in [-0.4, -0.2) is 37.2 Å². The largest absolute Gasteiger partial charge is 0.462 e. The molecule has 370 valence electrons. The first-order chi connectivity index (χ1) is 32.5. The summed E-state index contributed by atoms with van der Waals surface area (Å²) in [5.74, 6) is -1.00. The van der Waals surface area contributed by atoms with Gasteiger partial charge >= 0.3 is 17.9 Å². The first kappa shape index (κ1) is 61.5. The molecule has 0 aromatic rings. The van der Waals surface area contributed by atoms with E-state index in [1.807, 2.05) is 0 Å². The molecule has 0 aliphatic carbocycles. The number of rotatable bonds is 45. The summed E-state index contributed by atoms with van der Waals surface area (Å²) in [6.45, 7) is 6.28. The third-order valence-electron chi connectivity index (χ3n) is 10.4. The molecule has 0 saturated heterocycles. The Morgan fingerprint density at radius 3 is 0.939 bits per heavy atom. The van der Waals surface area contributed by atoms with Gasteiger partial charge in [-0.25, -0.2) is 0 Å². The molecule has 0 heterocycles. The molecule has 0 amide bonds. The maximum atomic E-state index is 12.8. The molecule has 0 aromatic heterocycles. The van der Waals surface area contributed by atoms with Crippen LogP contribution in [0.2, 0.25) is 0 Å². The second-order valence-electron chi connectivity index (χ2n) is 16.7. The summed E-state index contributed by atoms with van der Waals surface area (Å²) in [6.07, 6.45) is 74.4. The number of carbonyl (C=O) groups excluding carboxylic acids is 3. The topological polar surface area (TPSA) is 78.9 Å². The second kappa shape index (κ2) is 53.2. The second-order valence-corrected chi connectivity index (χ2v) is 16.7. The van der Waals surface area contributed by atoms with Crippen LogP contribution in [0.4, 0.5) is 0 Å². The third kappa shape index (κ3) is 50.5. The summed E-state index contributed by atoms with van der Waals surface area (Å²) in [6, 6.07) is 0. The molecule has 6 nitrogen and oxygen atoms in total. The van der Waals surface area contributed by atoms with Gasteiger partial charge < -0.3 is 14.2 Å². The van der Waals surface area contributed by atoms with Crippen LogP contribution in [0.1, 0.15) is 207 Å². The van der Waals surface area contributed by atoms with E-state index in [1.165, 1.54) is 12.8 Å². The van der Waals surface area contributed by atoms with Gasteiger partial charge in [-0.05, 0) is 128 Å². The lowest BCUT2D eigenvalue weighted by molar-refractivity contribution is -0.167. The normalized spacial score (nSPS) is 13.2. The van der Waals surface area contributed by atoms with Gasteiger partial charge in [0.2, 0.25) is 0 Å². The van der Waals surface area contributed by atoms with Crippen LogP contribution < -0.4 is 0 Å². The molecule has 1 atom stereocenters. The van der Waals surface area contributed by atoms with Gasteiger partial charge in [0.1, 0.15) is 13.2 Å². The zero-order chi connectivity index (χ0) is 47.9. The van der Waals surface area contributed by atoms with Crippen LogP contribution in [0.3, 0.4) is 0 Å². The highest BCUT2D eigenvalue weighted by Gasteiger charge is 2.19. The fourth-order valence-corrected chi connectivity index (χ4v) is 6.47. The minimum atomic E-state index is -0.818. The Balaban J connectivity index is 4.51. The molecule has 0 aromatic carbocycles. The molecule has 1 unspecified atom stereocenters. The van der Waals surface area contributed by atoms with E-state index in [1.54, 1.807) is 0 Å². The summed E-state index contributed by atoms with van der Waals surface area (Å²) >= 11 is 0. The fraction of sp³-hybridized carbons (Fsp3) is 0.583. The molecular formula is C60H94O6. The molecule has 0 aliphatic rings. The van der Waals surface area contributed by atoms with E-state index < -0.39 is 6.10 Å². The Kier molecular flexibility index (Phi) is 49.6. The van der Waals surface area contributed by atoms with Gasteiger partial charge in [0.15, 0.2) is 6.10 Å². The molecule has 0 saturated carbocycles. The van der Waals surface area contributed by atoms with Crippen molar-refractivity contribution in [3.05, 3.63) is 134 Å². The van der Waals surface area contributed by atoms with Crippen LogP contribution in [0, 0.1) is 0 Å². The van der Waals surface area contributed by atoms with Gasteiger partial charge in [0, 0.05) is 19.3 Å². The lowest BCUT2D eigenvalue weighted by atomic mass is 10.1. The van der Waals surface area contributed by atoms with Crippen molar-refractivity contribution in [1.29, 1.82) is 0 Å². The van der Waals surface area contributed by atoms with E-state index in [2.05, 4.69) is 154 Å². The van der Waals surface area contributed by atoms with Crippen molar-refractivity contribution >= 4 is 17.9 Å². The summed E-state index contributed by atoms with van der Waals surface area (Å²) in [4.78, 5) is 38.0. The summed E-state index contributed by atoms with van der Waals surface area (Å²) in [5, 5.41) is 0. The van der Waals surface area contributed by atoms with Gasteiger partial charge in [0.05, 0.1) is 0 Å². The molecule has 0 radical (unpaired) electrons. The quantitative estimate of drug-likeness (QED) is 0.0262. The summed E-state index contributed by atoms with van der Waals surface area (Å²) in [7, 11) is 0. The highest BCUT2D eigenvalue weighted by atomic mass is 16.6. The van der Waals surface area contributed by atoms with Crippen LogP contribution in [-0.2, 0) is 28.6 Å². The van der Waals surface area contributed by atoms with E-state index >= 15 is 0 Å². The molecule has 0 N–H and O–H groups in total. The number of esters is 3. The summed E-state index contributed by atoms with van der Waals surface area (Å²) < 4.78 is 16.7. The number of hydrogen-bond donors (Lipinski definition) is 0. The van der Waals surface area contributed by atoms with E-state index in [-0.39, 0.29) is 37.5 Å². The van der Waals surface area contributed by atoms with Crippen LogP contribution in [0.15, 0.2) is 134 Å². The number of ether oxygens (including phenoxy) is 3. The van der Waals surface area contributed by atoms with Gasteiger partial charge in [-0.2, -0.15) is 0 Å². The maximum absolute atomic E-state index is 12.8. The number of hydrogen-bond acceptors (Lipinski definition) is 6. The SMILES string of the molecule is CC/C=C\C/C=C\C/C=C\C/C=C\C/C=C\CCCCCC(=O)OCC(COC(=O)CCCCCC/C=C\CCCC)OC(=O)CCCCC/C=C\C/C=C\C/C=C\C/C=C\C/C=C\CC. The Morgan fingerprint density at radius 1 is 0.318 bits per heavy atom. The molecule has 66 heavy (non-hydrogen) atoms. The average Bonchev–Trinajstić information content (AvgIpc) is 3.31. The fourth-order valence-electron chi connectivity index (χ4n) is 6.47. The van der Waals surface area contributed by atoms with Crippen molar-refractivity contribution in [2.45, 2.75) is 213 Å². The third-order valence-corrected chi connectivity index (χ3v) is 10.4. The minimum absolute atomic E-state index is 0.113. The lowest BCUT2D eigenvalue weighted by Crippen LogP contribution is -2.30. The number of carbonyl (C=O) groups is 3. The average molecular weight is 911 g/mol. The molecule has 0 aliphatic heterocycles.